The summed E-state index contributed by atoms with van der Waals surface area (Å²) in [6.45, 7) is 6.73. The average molecular weight is 585 g/mol. The summed E-state index contributed by atoms with van der Waals surface area (Å²) in [7, 11) is 0.947. The van der Waals surface area contributed by atoms with Crippen LogP contribution < -0.4 is 10.1 Å². The van der Waals surface area contributed by atoms with E-state index in [1.165, 1.54) is 26.0 Å². The number of hydrogen-bond acceptors (Lipinski definition) is 8. The van der Waals surface area contributed by atoms with Crippen molar-refractivity contribution in [1.82, 2.24) is 19.5 Å². The first-order valence-electron chi connectivity index (χ1n) is 13.8. The monoisotopic (exact) mass is 584 g/mol. The van der Waals surface area contributed by atoms with Gasteiger partial charge in [0.05, 0.1) is 24.7 Å². The zero-order chi connectivity index (χ0) is 29.6. The van der Waals surface area contributed by atoms with Gasteiger partial charge in [0, 0.05) is 33.8 Å². The predicted molar refractivity (Wildman–Crippen MR) is 155 cm³/mol. The van der Waals surface area contributed by atoms with E-state index in [1.807, 2.05) is 0 Å². The van der Waals surface area contributed by atoms with Crippen LogP contribution in [0.15, 0.2) is 52.0 Å². The summed E-state index contributed by atoms with van der Waals surface area (Å²) < 4.78 is 43.9. The molecule has 1 aromatic heterocycles. The van der Waals surface area contributed by atoms with Gasteiger partial charge in [-0.25, -0.2) is 13.4 Å². The highest BCUT2D eigenvalue weighted by Gasteiger charge is 2.27. The largest absolute Gasteiger partial charge is 0.497 e. The van der Waals surface area contributed by atoms with Crippen LogP contribution in [0.1, 0.15) is 51.5 Å². The van der Waals surface area contributed by atoms with Crippen LogP contribution in [0.4, 0.5) is 0 Å². The van der Waals surface area contributed by atoms with E-state index < -0.39 is 10.0 Å². The number of aromatic nitrogens is 1. The summed E-state index contributed by atoms with van der Waals surface area (Å²) in [6, 6.07) is 11.8. The smallest absolute Gasteiger partial charge is 0.273 e. The van der Waals surface area contributed by atoms with Gasteiger partial charge in [0.2, 0.25) is 15.9 Å². The number of sulfonamides is 1. The van der Waals surface area contributed by atoms with Crippen LogP contribution in [0.25, 0.3) is 0 Å². The number of likely N-dealkylation sites (tertiary alicyclic amines) is 1. The second-order valence-electron chi connectivity index (χ2n) is 10.5. The number of carbonyl (C=O) groups excluding carboxylic acids is 1. The van der Waals surface area contributed by atoms with Crippen LogP contribution in [0, 0.1) is 13.8 Å². The minimum Gasteiger partial charge on any atom is -0.497 e. The lowest BCUT2D eigenvalue weighted by molar-refractivity contribution is 0.0285. The zero-order valence-corrected chi connectivity index (χ0v) is 25.3. The van der Waals surface area contributed by atoms with Gasteiger partial charge in [-0.2, -0.15) is 4.31 Å². The van der Waals surface area contributed by atoms with Crippen molar-refractivity contribution in [3.63, 3.8) is 0 Å². The number of aryl methyl sites for hydroxylation is 2. The van der Waals surface area contributed by atoms with E-state index in [1.54, 1.807) is 33.1 Å². The Balaban J connectivity index is 1.27. The number of piperidine rings is 1. The molecular weight excluding hydrogens is 544 g/mol. The maximum Gasteiger partial charge on any atom is 0.273 e. The molecule has 2 heterocycles. The molecule has 10 nitrogen and oxygen atoms in total. The molecule has 1 unspecified atom stereocenters. The molecule has 0 bridgehead atoms. The zero-order valence-electron chi connectivity index (χ0n) is 24.5. The van der Waals surface area contributed by atoms with Crippen LogP contribution in [0.5, 0.6) is 5.75 Å². The Morgan fingerprint density at radius 2 is 1.83 bits per heavy atom. The van der Waals surface area contributed by atoms with Crippen molar-refractivity contribution in [3.05, 3.63) is 76.5 Å². The molecule has 222 valence electrons. The Labute approximate surface area is 242 Å². The first kappa shape index (κ1) is 30.7. The normalized spacial score (nSPS) is 16.2. The minimum atomic E-state index is -3.83. The molecule has 4 rings (SSSR count). The van der Waals surface area contributed by atoms with Gasteiger partial charge in [-0.15, -0.1) is 0 Å². The van der Waals surface area contributed by atoms with Crippen molar-refractivity contribution >= 4 is 15.9 Å². The van der Waals surface area contributed by atoms with E-state index in [-0.39, 0.29) is 28.9 Å². The molecule has 2 aromatic carbocycles. The second kappa shape index (κ2) is 13.6. The van der Waals surface area contributed by atoms with E-state index in [4.69, 9.17) is 13.9 Å². The number of oxazole rings is 1. The molecule has 41 heavy (non-hydrogen) atoms. The third-order valence-corrected chi connectivity index (χ3v) is 9.51. The fourth-order valence-electron chi connectivity index (χ4n) is 5.18. The average Bonchev–Trinajstić information content (AvgIpc) is 3.42. The molecule has 1 fully saturated rings. The number of carbonyl (C=O) groups is 1. The SMILES string of the molecule is COc1cc(C)c(S(=O)(=O)N(C)Cc2nc(C(=O)NCCc3ccc(CN4CCCC(OC)C4)cc3)co2)c(C)c1. The van der Waals surface area contributed by atoms with Crippen molar-refractivity contribution in [2.24, 2.45) is 0 Å². The first-order valence-corrected chi connectivity index (χ1v) is 15.2. The molecule has 1 aliphatic heterocycles. The molecule has 1 amide bonds. The van der Waals surface area contributed by atoms with Crippen LogP contribution in [-0.2, 0) is 34.3 Å². The summed E-state index contributed by atoms with van der Waals surface area (Å²) in [5, 5.41) is 2.86. The number of nitrogens with zero attached hydrogens (tertiary/aromatic N) is 3. The molecule has 1 saturated heterocycles. The molecule has 0 aliphatic carbocycles. The highest BCUT2D eigenvalue weighted by atomic mass is 32.2. The predicted octanol–water partition coefficient (Wildman–Crippen LogP) is 3.70. The van der Waals surface area contributed by atoms with Crippen molar-refractivity contribution in [3.8, 4) is 5.75 Å². The van der Waals surface area contributed by atoms with E-state index in [2.05, 4.69) is 39.5 Å². The second-order valence-corrected chi connectivity index (χ2v) is 12.5. The van der Waals surface area contributed by atoms with Crippen molar-refractivity contribution in [1.29, 1.82) is 0 Å². The van der Waals surface area contributed by atoms with E-state index in [9.17, 15) is 13.2 Å². The minimum absolute atomic E-state index is 0.105. The van der Waals surface area contributed by atoms with E-state index >= 15 is 0 Å². The highest BCUT2D eigenvalue weighted by molar-refractivity contribution is 7.89. The fourth-order valence-corrected chi connectivity index (χ4v) is 6.71. The molecule has 1 aliphatic rings. The number of benzene rings is 2. The number of amides is 1. The third kappa shape index (κ3) is 7.73. The molecule has 0 saturated carbocycles. The maximum absolute atomic E-state index is 13.3. The van der Waals surface area contributed by atoms with Crippen molar-refractivity contribution < 1.29 is 27.1 Å². The van der Waals surface area contributed by atoms with Gasteiger partial charge in [0.15, 0.2) is 5.69 Å². The Kier molecular flexibility index (Phi) is 10.2. The summed E-state index contributed by atoms with van der Waals surface area (Å²) in [5.74, 6) is 0.351. The number of rotatable bonds is 12. The first-order chi connectivity index (χ1) is 19.6. The standard InChI is InChI=1S/C30H40N4O6S/c1-21-15-26(39-5)16-22(2)29(21)41(36,37)33(3)19-28-32-27(20-40-28)30(35)31-13-12-23-8-10-24(11-9-23)17-34-14-6-7-25(18-34)38-4/h8-11,15-16,20,25H,6-7,12-14,17-19H2,1-5H3,(H,31,35). The van der Waals surface area contributed by atoms with Crippen LogP contribution in [0.3, 0.4) is 0 Å². The van der Waals surface area contributed by atoms with Crippen molar-refractivity contribution in [2.45, 2.75) is 57.2 Å². The summed E-state index contributed by atoms with van der Waals surface area (Å²) in [6.07, 6.45) is 4.51. The van der Waals surface area contributed by atoms with Gasteiger partial charge in [-0.1, -0.05) is 24.3 Å². The lowest BCUT2D eigenvalue weighted by atomic mass is 10.1. The van der Waals surface area contributed by atoms with Gasteiger partial charge in [-0.05, 0) is 74.0 Å². The third-order valence-electron chi connectivity index (χ3n) is 7.40. The Hall–Kier alpha value is -3.25. The van der Waals surface area contributed by atoms with E-state index in [0.717, 1.165) is 42.3 Å². The molecule has 1 atom stereocenters. The van der Waals surface area contributed by atoms with Crippen molar-refractivity contribution in [2.75, 3.05) is 40.9 Å². The Bertz CT molecular complexity index is 1410. The highest BCUT2D eigenvalue weighted by Crippen LogP contribution is 2.28. The fraction of sp³-hybridized carbons (Fsp3) is 0.467. The quantitative estimate of drug-likeness (QED) is 0.343. The molecule has 1 N–H and O–H groups in total. The van der Waals surface area contributed by atoms with Gasteiger partial charge < -0.3 is 19.2 Å². The summed E-state index contributed by atoms with van der Waals surface area (Å²) in [4.78, 5) is 19.5. The Morgan fingerprint density at radius 3 is 2.49 bits per heavy atom. The summed E-state index contributed by atoms with van der Waals surface area (Å²) in [5.41, 5.74) is 3.65. The maximum atomic E-state index is 13.3. The van der Waals surface area contributed by atoms with Crippen LogP contribution in [-0.4, -0.2) is 75.5 Å². The number of hydrogen-bond donors (Lipinski definition) is 1. The van der Waals surface area contributed by atoms with Gasteiger partial charge in [0.1, 0.15) is 12.0 Å². The van der Waals surface area contributed by atoms with Gasteiger partial charge in [-0.3, -0.25) is 9.69 Å². The topological polar surface area (TPSA) is 114 Å². The van der Waals surface area contributed by atoms with E-state index in [0.29, 0.717) is 35.9 Å². The van der Waals surface area contributed by atoms with Crippen LogP contribution >= 0.6 is 0 Å². The number of methoxy groups -OCH3 is 2. The molecular formula is C30H40N4O6S. The molecule has 11 heteroatoms. The number of nitrogens with one attached hydrogen (secondary N) is 1. The summed E-state index contributed by atoms with van der Waals surface area (Å²) >= 11 is 0. The molecule has 0 spiro atoms. The Morgan fingerprint density at radius 1 is 1.15 bits per heavy atom. The van der Waals surface area contributed by atoms with Crippen LogP contribution in [0.2, 0.25) is 0 Å². The lowest BCUT2D eigenvalue weighted by Crippen LogP contribution is -2.38. The van der Waals surface area contributed by atoms with Gasteiger partial charge >= 0.3 is 0 Å². The number of ether oxygens (including phenoxy) is 2. The lowest BCUT2D eigenvalue weighted by Gasteiger charge is -2.31. The van der Waals surface area contributed by atoms with Gasteiger partial charge in [0.25, 0.3) is 5.91 Å². The molecule has 0 radical (unpaired) electrons. The molecule has 3 aromatic rings.